The third-order valence-electron chi connectivity index (χ3n) is 9.15. The summed E-state index contributed by atoms with van der Waals surface area (Å²) >= 11 is 0. The minimum Gasteiger partial charge on any atom is -0.458 e. The van der Waals surface area contributed by atoms with Gasteiger partial charge in [-0.1, -0.05) is 67.2 Å². The fourth-order valence-electron chi connectivity index (χ4n) is 6.10. The standard InChI is InChI=1S/C43H38F3N5O6/c1-29(34-21-24-50(26-34)39(52)17-18-40(53)55-27-31-9-5-3-6-10-31)37-20-23-48-41(49-42(54)56-28-32-11-7-4-8-12-32)51(37)30(2)33-13-15-36(16-14-33)57-38-25-35(19-22-47-38)43(44,45)46/h3-20,22-23,25,34H,2,21,24,26-28H2,1H3,(H,48,49,54)/b18-17+,37-29+. The van der Waals surface area contributed by atoms with Gasteiger partial charge in [0.2, 0.25) is 17.7 Å². The van der Waals surface area contributed by atoms with Crippen molar-refractivity contribution in [2.24, 2.45) is 10.9 Å². The highest BCUT2D eigenvalue weighted by Crippen LogP contribution is 2.35. The predicted molar refractivity (Wildman–Crippen MR) is 206 cm³/mol. The molecule has 4 aromatic rings. The number of hydrogen-bond acceptors (Lipinski definition) is 9. The summed E-state index contributed by atoms with van der Waals surface area (Å²) in [6.07, 6.45) is 1.96. The fourth-order valence-corrected chi connectivity index (χ4v) is 6.10. The molecule has 0 aliphatic carbocycles. The summed E-state index contributed by atoms with van der Waals surface area (Å²) in [6, 6.07) is 26.5. The van der Waals surface area contributed by atoms with Crippen LogP contribution in [0.4, 0.5) is 18.0 Å². The van der Waals surface area contributed by atoms with Crippen LogP contribution in [0.3, 0.4) is 0 Å². The van der Waals surface area contributed by atoms with Gasteiger partial charge in [-0.15, -0.1) is 0 Å². The van der Waals surface area contributed by atoms with Crippen molar-refractivity contribution in [3.8, 4) is 11.6 Å². The Balaban J connectivity index is 1.18. The molecule has 0 saturated carbocycles. The molecule has 1 unspecified atom stereocenters. The molecule has 6 rings (SSSR count). The molecule has 2 amide bonds. The maximum atomic E-state index is 13.2. The number of allylic oxidation sites excluding steroid dienone is 1. The molecule has 2 aliphatic rings. The van der Waals surface area contributed by atoms with Crippen LogP contribution in [0.5, 0.6) is 11.6 Å². The number of aromatic nitrogens is 1. The average molecular weight is 778 g/mol. The van der Waals surface area contributed by atoms with E-state index < -0.39 is 23.8 Å². The molecule has 1 fully saturated rings. The Bertz CT molecular complexity index is 2220. The lowest BCUT2D eigenvalue weighted by atomic mass is 9.96. The number of hydrogen-bond donors (Lipinski definition) is 1. The Morgan fingerprint density at radius 1 is 0.912 bits per heavy atom. The van der Waals surface area contributed by atoms with E-state index in [9.17, 15) is 27.6 Å². The summed E-state index contributed by atoms with van der Waals surface area (Å²) in [4.78, 5) is 50.1. The number of esters is 1. The van der Waals surface area contributed by atoms with E-state index in [0.29, 0.717) is 36.5 Å². The van der Waals surface area contributed by atoms with Crippen LogP contribution in [0.2, 0.25) is 0 Å². The minimum atomic E-state index is -4.56. The Kier molecular flexibility index (Phi) is 12.6. The number of amides is 2. The predicted octanol–water partition coefficient (Wildman–Crippen LogP) is 8.40. The molecule has 0 radical (unpaired) electrons. The number of alkyl halides is 3. The number of carbonyl (C=O) groups excluding carboxylic acids is 3. The Morgan fingerprint density at radius 3 is 2.25 bits per heavy atom. The van der Waals surface area contributed by atoms with Gasteiger partial charge in [0.1, 0.15) is 19.0 Å². The van der Waals surface area contributed by atoms with Crippen molar-refractivity contribution in [2.45, 2.75) is 32.7 Å². The summed E-state index contributed by atoms with van der Waals surface area (Å²) in [7, 11) is 0. The van der Waals surface area contributed by atoms with Crippen LogP contribution in [0.15, 0.2) is 151 Å². The zero-order valence-corrected chi connectivity index (χ0v) is 30.8. The minimum absolute atomic E-state index is 0.0196. The van der Waals surface area contributed by atoms with Crippen LogP contribution < -0.4 is 10.1 Å². The molecule has 57 heavy (non-hydrogen) atoms. The van der Waals surface area contributed by atoms with Gasteiger partial charge < -0.3 is 19.1 Å². The molecule has 2 aliphatic heterocycles. The lowest BCUT2D eigenvalue weighted by molar-refractivity contribution is -0.139. The number of halogens is 3. The number of alkyl carbamates (subject to hydrolysis) is 1. The summed E-state index contributed by atoms with van der Waals surface area (Å²) in [5, 5.41) is 2.73. The normalized spacial score (nSPS) is 16.2. The van der Waals surface area contributed by atoms with Crippen molar-refractivity contribution < 1.29 is 41.8 Å². The highest BCUT2D eigenvalue weighted by molar-refractivity contribution is 6.01. The van der Waals surface area contributed by atoms with E-state index in [1.54, 1.807) is 40.1 Å². The van der Waals surface area contributed by atoms with Crippen molar-refractivity contribution in [1.29, 1.82) is 0 Å². The Labute approximate surface area is 327 Å². The third kappa shape index (κ3) is 10.6. The van der Waals surface area contributed by atoms with Crippen molar-refractivity contribution in [2.75, 3.05) is 13.1 Å². The van der Waals surface area contributed by atoms with Gasteiger partial charge in [0.05, 0.1) is 5.56 Å². The van der Waals surface area contributed by atoms with E-state index in [0.717, 1.165) is 41.1 Å². The highest BCUT2D eigenvalue weighted by atomic mass is 19.4. The molecule has 1 aromatic heterocycles. The molecule has 0 spiro atoms. The fraction of sp³-hybridized carbons (Fsp3) is 0.186. The van der Waals surface area contributed by atoms with Crippen LogP contribution in [-0.2, 0) is 38.5 Å². The summed E-state index contributed by atoms with van der Waals surface area (Å²) in [5.41, 5.74) is 3.20. The zero-order valence-electron chi connectivity index (χ0n) is 30.8. The van der Waals surface area contributed by atoms with Crippen LogP contribution in [0, 0.1) is 5.92 Å². The molecule has 1 atom stereocenters. The lowest BCUT2D eigenvalue weighted by Gasteiger charge is -2.33. The SMILES string of the molecule is C=C(c1ccc(Oc2cc(C(F)(F)F)ccn2)cc1)N1C(NC(=O)OCc2ccccc2)=NC=C/C1=C(/C)C1CCN(C(=O)/C=C/C(=O)OCc2ccccc2)C1. The van der Waals surface area contributed by atoms with E-state index in [2.05, 4.69) is 21.9 Å². The lowest BCUT2D eigenvalue weighted by Crippen LogP contribution is -2.44. The molecular formula is C43H38F3N5O6. The van der Waals surface area contributed by atoms with Crippen LogP contribution in [-0.4, -0.2) is 51.8 Å². The topological polar surface area (TPSA) is 123 Å². The number of nitrogens with one attached hydrogen (secondary N) is 1. The Hall–Kier alpha value is -6.96. The van der Waals surface area contributed by atoms with Crippen LogP contribution in [0.25, 0.3) is 5.70 Å². The maximum absolute atomic E-state index is 13.2. The third-order valence-corrected chi connectivity index (χ3v) is 9.15. The molecule has 14 heteroatoms. The van der Waals surface area contributed by atoms with Gasteiger partial charge in [0, 0.05) is 61.0 Å². The van der Waals surface area contributed by atoms with Gasteiger partial charge in [-0.2, -0.15) is 13.2 Å². The Morgan fingerprint density at radius 2 is 1.58 bits per heavy atom. The van der Waals surface area contributed by atoms with Crippen molar-refractivity contribution >= 4 is 29.6 Å². The molecule has 0 bridgehead atoms. The number of pyridine rings is 1. The van der Waals surface area contributed by atoms with E-state index in [4.69, 9.17) is 14.2 Å². The molecule has 1 N–H and O–H groups in total. The number of ether oxygens (including phenoxy) is 3. The van der Waals surface area contributed by atoms with E-state index in [1.165, 1.54) is 12.3 Å². The second-order valence-electron chi connectivity index (χ2n) is 13.0. The molecular weight excluding hydrogens is 739 g/mol. The van der Waals surface area contributed by atoms with Gasteiger partial charge in [-0.05, 0) is 72.0 Å². The number of carbonyl (C=O) groups is 3. The molecule has 11 nitrogen and oxygen atoms in total. The largest absolute Gasteiger partial charge is 0.458 e. The van der Waals surface area contributed by atoms with E-state index in [1.807, 2.05) is 67.6 Å². The molecule has 3 aromatic carbocycles. The van der Waals surface area contributed by atoms with Crippen molar-refractivity contribution in [1.82, 2.24) is 20.1 Å². The first-order valence-corrected chi connectivity index (χ1v) is 17.9. The van der Waals surface area contributed by atoms with E-state index >= 15 is 0 Å². The van der Waals surface area contributed by atoms with Gasteiger partial charge in [0.25, 0.3) is 0 Å². The van der Waals surface area contributed by atoms with Gasteiger partial charge >= 0.3 is 18.2 Å². The summed E-state index contributed by atoms with van der Waals surface area (Å²) in [5.74, 6) is -0.964. The first kappa shape index (κ1) is 39.7. The van der Waals surface area contributed by atoms with Crippen LogP contribution in [0.1, 0.15) is 35.6 Å². The molecule has 1 saturated heterocycles. The summed E-state index contributed by atoms with van der Waals surface area (Å²) < 4.78 is 56.1. The number of guanidine groups is 1. The summed E-state index contributed by atoms with van der Waals surface area (Å²) in [6.45, 7) is 7.15. The molecule has 3 heterocycles. The second kappa shape index (κ2) is 18.1. The number of nitrogens with zero attached hydrogens (tertiary/aromatic N) is 4. The maximum Gasteiger partial charge on any atom is 0.416 e. The van der Waals surface area contributed by atoms with Crippen molar-refractivity contribution in [3.05, 3.63) is 168 Å². The highest BCUT2D eigenvalue weighted by Gasteiger charge is 2.33. The second-order valence-corrected chi connectivity index (χ2v) is 13.0. The monoisotopic (exact) mass is 777 g/mol. The van der Waals surface area contributed by atoms with Gasteiger partial charge in [-0.3, -0.25) is 15.0 Å². The number of likely N-dealkylation sites (tertiary alicyclic amines) is 1. The van der Waals surface area contributed by atoms with Gasteiger partial charge in [0.15, 0.2) is 0 Å². The number of benzene rings is 3. The average Bonchev–Trinajstić information content (AvgIpc) is 3.72. The van der Waals surface area contributed by atoms with Gasteiger partial charge in [-0.25, -0.2) is 19.6 Å². The smallest absolute Gasteiger partial charge is 0.416 e. The molecule has 292 valence electrons. The quantitative estimate of drug-likeness (QED) is 0.119. The van der Waals surface area contributed by atoms with E-state index in [-0.39, 0.29) is 42.6 Å². The zero-order chi connectivity index (χ0) is 40.4. The first-order valence-electron chi connectivity index (χ1n) is 17.9. The van der Waals surface area contributed by atoms with Crippen molar-refractivity contribution in [3.63, 3.8) is 0 Å². The van der Waals surface area contributed by atoms with Crippen LogP contribution >= 0.6 is 0 Å². The first-order chi connectivity index (χ1) is 27.4. The number of rotatable bonds is 11. The number of aliphatic imine (C=N–C) groups is 1.